The molecule has 0 heterocycles. The molecule has 0 aliphatic heterocycles. The Bertz CT molecular complexity index is 364. The third-order valence-electron chi connectivity index (χ3n) is 2.63. The number of carbonyl (C=O) groups is 1. The molecular weight excluding hydrogens is 236 g/mol. The van der Waals surface area contributed by atoms with Crippen LogP contribution in [0, 0.1) is 0 Å². The van der Waals surface area contributed by atoms with E-state index in [4.69, 9.17) is 11.6 Å². The van der Waals surface area contributed by atoms with Crippen LogP contribution in [0.2, 0.25) is 0 Å². The number of benzene rings is 1. The lowest BCUT2D eigenvalue weighted by molar-refractivity contribution is -0.113. The molecule has 0 aromatic heterocycles. The van der Waals surface area contributed by atoms with E-state index >= 15 is 0 Å². The van der Waals surface area contributed by atoms with E-state index in [2.05, 4.69) is 30.1 Å². The molecule has 0 fully saturated rings. The van der Waals surface area contributed by atoms with Gasteiger partial charge in [0.15, 0.2) is 0 Å². The van der Waals surface area contributed by atoms with Gasteiger partial charge >= 0.3 is 0 Å². The average molecular weight is 255 g/mol. The summed E-state index contributed by atoms with van der Waals surface area (Å²) in [7, 11) is 0. The first-order chi connectivity index (χ1) is 8.19. The number of amides is 1. The van der Waals surface area contributed by atoms with Gasteiger partial charge in [0.25, 0.3) is 0 Å². The molecule has 17 heavy (non-hydrogen) atoms. The molecule has 0 aliphatic carbocycles. The molecule has 0 spiro atoms. The first-order valence-electron chi connectivity index (χ1n) is 5.86. The van der Waals surface area contributed by atoms with Crippen molar-refractivity contribution in [2.24, 2.45) is 0 Å². The maximum atomic E-state index is 11.2. The number of hydrogen-bond acceptors (Lipinski definition) is 2. The van der Waals surface area contributed by atoms with E-state index < -0.39 is 0 Å². The van der Waals surface area contributed by atoms with Crippen LogP contribution < -0.4 is 5.32 Å². The number of nitrogens with one attached hydrogen (secondary N) is 1. The van der Waals surface area contributed by atoms with Gasteiger partial charge in [-0.3, -0.25) is 9.69 Å². The normalized spacial score (nSPS) is 10.6. The third kappa shape index (κ3) is 4.75. The highest BCUT2D eigenvalue weighted by molar-refractivity contribution is 6.29. The van der Waals surface area contributed by atoms with Crippen LogP contribution >= 0.6 is 11.6 Å². The Hall–Kier alpha value is -1.06. The van der Waals surface area contributed by atoms with Crippen LogP contribution in [0.25, 0.3) is 0 Å². The minimum Gasteiger partial charge on any atom is -0.325 e. The van der Waals surface area contributed by atoms with E-state index in [1.54, 1.807) is 0 Å². The van der Waals surface area contributed by atoms with Crippen molar-refractivity contribution < 1.29 is 4.79 Å². The Labute approximate surface area is 108 Å². The topological polar surface area (TPSA) is 32.3 Å². The minimum absolute atomic E-state index is 0.0136. The average Bonchev–Trinajstić information content (AvgIpc) is 2.36. The SMILES string of the molecule is CCN(CC)Cc1cccc(NC(=O)CCl)c1. The van der Waals surface area contributed by atoms with Crippen molar-refractivity contribution in [3.05, 3.63) is 29.8 Å². The fourth-order valence-corrected chi connectivity index (χ4v) is 1.71. The van der Waals surface area contributed by atoms with Crippen LogP contribution in [0.4, 0.5) is 5.69 Å². The maximum Gasteiger partial charge on any atom is 0.239 e. The zero-order chi connectivity index (χ0) is 12.7. The molecule has 0 aliphatic rings. The molecule has 0 radical (unpaired) electrons. The Morgan fingerprint density at radius 3 is 2.65 bits per heavy atom. The maximum absolute atomic E-state index is 11.2. The fraction of sp³-hybridized carbons (Fsp3) is 0.462. The highest BCUT2D eigenvalue weighted by atomic mass is 35.5. The lowest BCUT2D eigenvalue weighted by atomic mass is 10.2. The van der Waals surface area contributed by atoms with Crippen molar-refractivity contribution in [2.45, 2.75) is 20.4 Å². The molecular formula is C13H19ClN2O. The molecule has 1 rings (SSSR count). The van der Waals surface area contributed by atoms with Crippen molar-refractivity contribution in [1.82, 2.24) is 4.90 Å². The van der Waals surface area contributed by atoms with Crippen molar-refractivity contribution in [2.75, 3.05) is 24.3 Å². The number of nitrogens with zero attached hydrogens (tertiary/aromatic N) is 1. The predicted octanol–water partition coefficient (Wildman–Crippen LogP) is 2.71. The molecule has 0 bridgehead atoms. The van der Waals surface area contributed by atoms with Gasteiger partial charge in [-0.05, 0) is 30.8 Å². The van der Waals surface area contributed by atoms with Gasteiger partial charge in [0.1, 0.15) is 5.88 Å². The summed E-state index contributed by atoms with van der Waals surface area (Å²) in [6.07, 6.45) is 0. The largest absolute Gasteiger partial charge is 0.325 e. The Morgan fingerprint density at radius 2 is 2.06 bits per heavy atom. The third-order valence-corrected chi connectivity index (χ3v) is 2.88. The molecule has 1 aromatic rings. The molecule has 0 saturated heterocycles. The van der Waals surface area contributed by atoms with Crippen molar-refractivity contribution in [3.63, 3.8) is 0 Å². The fourth-order valence-electron chi connectivity index (χ4n) is 1.65. The van der Waals surface area contributed by atoms with Crippen LogP contribution in [-0.2, 0) is 11.3 Å². The van der Waals surface area contributed by atoms with Crippen LogP contribution in [0.5, 0.6) is 0 Å². The lowest BCUT2D eigenvalue weighted by Gasteiger charge is -2.18. The molecule has 0 unspecified atom stereocenters. The minimum atomic E-state index is -0.174. The summed E-state index contributed by atoms with van der Waals surface area (Å²) >= 11 is 5.45. The highest BCUT2D eigenvalue weighted by Gasteiger charge is 2.03. The summed E-state index contributed by atoms with van der Waals surface area (Å²) in [4.78, 5) is 13.5. The first-order valence-corrected chi connectivity index (χ1v) is 6.40. The van der Waals surface area contributed by atoms with Gasteiger partial charge in [-0.2, -0.15) is 0 Å². The van der Waals surface area contributed by atoms with E-state index in [0.717, 1.165) is 25.3 Å². The van der Waals surface area contributed by atoms with E-state index in [-0.39, 0.29) is 11.8 Å². The zero-order valence-corrected chi connectivity index (χ0v) is 11.1. The van der Waals surface area contributed by atoms with Crippen LogP contribution in [0.3, 0.4) is 0 Å². The number of halogens is 1. The number of hydrogen-bond donors (Lipinski definition) is 1. The molecule has 1 N–H and O–H groups in total. The molecule has 1 amide bonds. The number of rotatable bonds is 6. The lowest BCUT2D eigenvalue weighted by Crippen LogP contribution is -2.22. The van der Waals surface area contributed by atoms with Gasteiger partial charge in [-0.15, -0.1) is 11.6 Å². The summed E-state index contributed by atoms with van der Waals surface area (Å²) in [6, 6.07) is 7.87. The number of anilines is 1. The van der Waals surface area contributed by atoms with E-state index in [0.29, 0.717) is 0 Å². The standard InChI is InChI=1S/C13H19ClN2O/c1-3-16(4-2)10-11-6-5-7-12(8-11)15-13(17)9-14/h5-8H,3-4,9-10H2,1-2H3,(H,15,17). The van der Waals surface area contributed by atoms with Gasteiger partial charge in [0.2, 0.25) is 5.91 Å². The Morgan fingerprint density at radius 1 is 1.35 bits per heavy atom. The second-order valence-corrected chi connectivity index (χ2v) is 4.11. The van der Waals surface area contributed by atoms with Crippen LogP contribution in [0.15, 0.2) is 24.3 Å². The molecule has 4 heteroatoms. The first kappa shape index (κ1) is 14.0. The second kappa shape index (κ2) is 7.30. The van der Waals surface area contributed by atoms with Crippen LogP contribution in [-0.4, -0.2) is 29.8 Å². The molecule has 1 aromatic carbocycles. The molecule has 0 saturated carbocycles. The van der Waals surface area contributed by atoms with E-state index in [1.165, 1.54) is 5.56 Å². The smallest absolute Gasteiger partial charge is 0.239 e. The summed E-state index contributed by atoms with van der Waals surface area (Å²) in [5, 5.41) is 2.75. The van der Waals surface area contributed by atoms with Gasteiger partial charge in [-0.25, -0.2) is 0 Å². The Kier molecular flexibility index (Phi) is 6.01. The van der Waals surface area contributed by atoms with Crippen molar-refractivity contribution >= 4 is 23.2 Å². The summed E-state index contributed by atoms with van der Waals surface area (Å²) in [5.41, 5.74) is 2.00. The summed E-state index contributed by atoms with van der Waals surface area (Å²) < 4.78 is 0. The van der Waals surface area contributed by atoms with Gasteiger partial charge in [0, 0.05) is 12.2 Å². The van der Waals surface area contributed by atoms with Gasteiger partial charge in [0.05, 0.1) is 0 Å². The number of carbonyl (C=O) groups excluding carboxylic acids is 1. The molecule has 0 atom stereocenters. The number of alkyl halides is 1. The second-order valence-electron chi connectivity index (χ2n) is 3.84. The monoisotopic (exact) mass is 254 g/mol. The van der Waals surface area contributed by atoms with Crippen molar-refractivity contribution in [3.8, 4) is 0 Å². The zero-order valence-electron chi connectivity index (χ0n) is 10.4. The predicted molar refractivity (Wildman–Crippen MR) is 72.4 cm³/mol. The highest BCUT2D eigenvalue weighted by Crippen LogP contribution is 2.12. The van der Waals surface area contributed by atoms with Crippen LogP contribution in [0.1, 0.15) is 19.4 Å². The summed E-state index contributed by atoms with van der Waals surface area (Å²) in [5.74, 6) is -0.188. The van der Waals surface area contributed by atoms with Gasteiger partial charge in [-0.1, -0.05) is 26.0 Å². The molecule has 94 valence electrons. The quantitative estimate of drug-likeness (QED) is 0.792. The molecule has 3 nitrogen and oxygen atoms in total. The Balaban J connectivity index is 2.68. The van der Waals surface area contributed by atoms with E-state index in [9.17, 15) is 4.79 Å². The van der Waals surface area contributed by atoms with E-state index in [1.807, 2.05) is 18.2 Å². The van der Waals surface area contributed by atoms with Crippen molar-refractivity contribution in [1.29, 1.82) is 0 Å². The van der Waals surface area contributed by atoms with Gasteiger partial charge < -0.3 is 5.32 Å². The summed E-state index contributed by atoms with van der Waals surface area (Å²) in [6.45, 7) is 7.23.